The maximum atomic E-state index is 12.3. The van der Waals surface area contributed by atoms with Crippen LogP contribution in [0, 0.1) is 11.3 Å². The molecule has 3 aromatic rings. The van der Waals surface area contributed by atoms with Crippen LogP contribution in [0.5, 0.6) is 0 Å². The highest BCUT2D eigenvalue weighted by Gasteiger charge is 2.24. The first-order valence-corrected chi connectivity index (χ1v) is 9.27. The first-order chi connectivity index (χ1) is 13.2. The molecule has 2 heterocycles. The fourth-order valence-corrected chi connectivity index (χ4v) is 3.76. The largest absolute Gasteiger partial charge is 0.467 e. The normalized spacial score (nSPS) is 11.7. The lowest BCUT2D eigenvalue weighted by Gasteiger charge is -2.17. The van der Waals surface area contributed by atoms with E-state index in [1.54, 1.807) is 13.2 Å². The molecule has 0 saturated carbocycles. The SMILES string of the molecule is CCOC(=O)c1sc(N)c(C#N)c1CN[C@H](c1ccccc1)c1ccco1. The molecule has 2 aromatic heterocycles. The summed E-state index contributed by atoms with van der Waals surface area (Å²) in [6.45, 7) is 2.26. The summed E-state index contributed by atoms with van der Waals surface area (Å²) in [6, 6.07) is 15.4. The molecule has 3 N–H and O–H groups in total. The van der Waals surface area contributed by atoms with Crippen molar-refractivity contribution in [3.05, 3.63) is 76.1 Å². The van der Waals surface area contributed by atoms with Crippen LogP contribution in [0.15, 0.2) is 53.1 Å². The first kappa shape index (κ1) is 18.7. The number of anilines is 1. The van der Waals surface area contributed by atoms with Gasteiger partial charge < -0.3 is 14.9 Å². The first-order valence-electron chi connectivity index (χ1n) is 8.45. The molecule has 1 atom stereocenters. The summed E-state index contributed by atoms with van der Waals surface area (Å²) in [4.78, 5) is 12.6. The Kier molecular flexibility index (Phi) is 5.91. The zero-order valence-corrected chi connectivity index (χ0v) is 15.6. The topological polar surface area (TPSA) is 101 Å². The number of thiophene rings is 1. The van der Waals surface area contributed by atoms with Crippen LogP contribution in [0.4, 0.5) is 5.00 Å². The maximum Gasteiger partial charge on any atom is 0.348 e. The van der Waals surface area contributed by atoms with E-state index in [1.807, 2.05) is 42.5 Å². The van der Waals surface area contributed by atoms with Crippen molar-refractivity contribution >= 4 is 22.3 Å². The van der Waals surface area contributed by atoms with E-state index in [0.717, 1.165) is 22.7 Å². The van der Waals surface area contributed by atoms with Crippen LogP contribution < -0.4 is 11.1 Å². The van der Waals surface area contributed by atoms with E-state index in [2.05, 4.69) is 11.4 Å². The summed E-state index contributed by atoms with van der Waals surface area (Å²) in [5.74, 6) is 0.266. The highest BCUT2D eigenvalue weighted by molar-refractivity contribution is 7.18. The van der Waals surface area contributed by atoms with E-state index < -0.39 is 5.97 Å². The van der Waals surface area contributed by atoms with Crippen LogP contribution in [-0.4, -0.2) is 12.6 Å². The summed E-state index contributed by atoms with van der Waals surface area (Å²) in [5, 5.41) is 13.2. The summed E-state index contributed by atoms with van der Waals surface area (Å²) in [6.07, 6.45) is 1.61. The van der Waals surface area contributed by atoms with Gasteiger partial charge in [0.1, 0.15) is 21.7 Å². The molecule has 0 unspecified atom stereocenters. The van der Waals surface area contributed by atoms with Crippen molar-refractivity contribution in [3.8, 4) is 6.07 Å². The molecular formula is C20H19N3O3S. The summed E-state index contributed by atoms with van der Waals surface area (Å²) >= 11 is 1.08. The van der Waals surface area contributed by atoms with Crippen LogP contribution in [-0.2, 0) is 11.3 Å². The van der Waals surface area contributed by atoms with Gasteiger partial charge in [0, 0.05) is 12.1 Å². The van der Waals surface area contributed by atoms with Gasteiger partial charge in [-0.1, -0.05) is 30.3 Å². The van der Waals surface area contributed by atoms with Crippen LogP contribution >= 0.6 is 11.3 Å². The molecule has 1 aromatic carbocycles. The van der Waals surface area contributed by atoms with Crippen molar-refractivity contribution < 1.29 is 13.9 Å². The van der Waals surface area contributed by atoms with E-state index in [0.29, 0.717) is 21.0 Å². The van der Waals surface area contributed by atoms with E-state index >= 15 is 0 Å². The Morgan fingerprint density at radius 1 is 1.33 bits per heavy atom. The highest BCUT2D eigenvalue weighted by Crippen LogP contribution is 2.32. The Hall–Kier alpha value is -3.08. The summed E-state index contributed by atoms with van der Waals surface area (Å²) < 4.78 is 10.7. The van der Waals surface area contributed by atoms with Crippen LogP contribution in [0.2, 0.25) is 0 Å². The van der Waals surface area contributed by atoms with Gasteiger partial charge in [-0.3, -0.25) is 5.32 Å². The van der Waals surface area contributed by atoms with Crippen LogP contribution in [0.25, 0.3) is 0 Å². The molecule has 0 fully saturated rings. The fourth-order valence-electron chi connectivity index (χ4n) is 2.83. The number of benzene rings is 1. The van der Waals surface area contributed by atoms with Gasteiger partial charge in [0.05, 0.1) is 24.5 Å². The molecule has 0 aliphatic carbocycles. The predicted octanol–water partition coefficient (Wildman–Crippen LogP) is 3.85. The zero-order chi connectivity index (χ0) is 19.2. The lowest BCUT2D eigenvalue weighted by Crippen LogP contribution is -2.23. The lowest BCUT2D eigenvalue weighted by molar-refractivity contribution is 0.0530. The van der Waals surface area contributed by atoms with Crippen molar-refractivity contribution in [1.82, 2.24) is 5.32 Å². The standard InChI is InChI=1S/C20H19N3O3S/c1-2-25-20(24)18-15(14(11-21)19(22)27-18)12-23-17(16-9-6-10-26-16)13-7-4-3-5-8-13/h3-10,17,23H,2,12,22H2,1H3/t17-/m1/s1. The minimum atomic E-state index is -0.471. The van der Waals surface area contributed by atoms with E-state index in [1.165, 1.54) is 0 Å². The molecule has 3 rings (SSSR count). The van der Waals surface area contributed by atoms with Gasteiger partial charge in [0.2, 0.25) is 0 Å². The van der Waals surface area contributed by atoms with Gasteiger partial charge >= 0.3 is 5.97 Å². The molecular weight excluding hydrogens is 362 g/mol. The van der Waals surface area contributed by atoms with Gasteiger partial charge in [0.15, 0.2) is 0 Å². The molecule has 0 amide bonds. The monoisotopic (exact) mass is 381 g/mol. The maximum absolute atomic E-state index is 12.3. The number of hydrogen-bond acceptors (Lipinski definition) is 7. The molecule has 0 spiro atoms. The molecule has 0 saturated heterocycles. The van der Waals surface area contributed by atoms with Crippen molar-refractivity contribution in [2.75, 3.05) is 12.3 Å². The van der Waals surface area contributed by atoms with Crippen molar-refractivity contribution in [2.45, 2.75) is 19.5 Å². The number of ether oxygens (including phenoxy) is 1. The van der Waals surface area contributed by atoms with Crippen molar-refractivity contribution in [1.29, 1.82) is 5.26 Å². The molecule has 138 valence electrons. The van der Waals surface area contributed by atoms with Gasteiger partial charge in [-0.25, -0.2) is 4.79 Å². The molecule has 6 nitrogen and oxygen atoms in total. The van der Waals surface area contributed by atoms with Crippen LogP contribution in [0.3, 0.4) is 0 Å². The number of nitrogen functional groups attached to an aromatic ring is 1. The summed E-state index contributed by atoms with van der Waals surface area (Å²) in [5.41, 5.74) is 7.80. The smallest absolute Gasteiger partial charge is 0.348 e. The van der Waals surface area contributed by atoms with Gasteiger partial charge in [-0.15, -0.1) is 11.3 Å². The van der Waals surface area contributed by atoms with E-state index in [9.17, 15) is 10.1 Å². The number of carbonyl (C=O) groups is 1. The second kappa shape index (κ2) is 8.54. The molecule has 0 aliphatic heterocycles. The molecule has 0 bridgehead atoms. The van der Waals surface area contributed by atoms with E-state index in [4.69, 9.17) is 14.9 Å². The predicted molar refractivity (Wildman–Crippen MR) is 103 cm³/mol. The second-order valence-corrected chi connectivity index (χ2v) is 6.77. The number of esters is 1. The quantitative estimate of drug-likeness (QED) is 0.603. The van der Waals surface area contributed by atoms with E-state index in [-0.39, 0.29) is 19.2 Å². The number of furan rings is 1. The Labute approximate surface area is 161 Å². The Morgan fingerprint density at radius 2 is 2.11 bits per heavy atom. The number of nitrogens with zero attached hydrogens (tertiary/aromatic N) is 1. The number of carbonyl (C=O) groups excluding carboxylic acids is 1. The Morgan fingerprint density at radius 3 is 2.74 bits per heavy atom. The third kappa shape index (κ3) is 4.03. The highest BCUT2D eigenvalue weighted by atomic mass is 32.1. The minimum Gasteiger partial charge on any atom is -0.467 e. The van der Waals surface area contributed by atoms with Gasteiger partial charge in [0.25, 0.3) is 0 Å². The number of nitriles is 1. The van der Waals surface area contributed by atoms with Crippen molar-refractivity contribution in [2.24, 2.45) is 0 Å². The van der Waals surface area contributed by atoms with Crippen LogP contribution in [0.1, 0.15) is 45.1 Å². The molecule has 0 aliphatic rings. The molecule has 0 radical (unpaired) electrons. The third-order valence-corrected chi connectivity index (χ3v) is 5.09. The lowest BCUT2D eigenvalue weighted by atomic mass is 10.0. The Balaban J connectivity index is 1.92. The number of hydrogen-bond donors (Lipinski definition) is 2. The number of nitrogens with one attached hydrogen (secondary N) is 1. The zero-order valence-electron chi connectivity index (χ0n) is 14.8. The summed E-state index contributed by atoms with van der Waals surface area (Å²) in [7, 11) is 0. The molecule has 27 heavy (non-hydrogen) atoms. The fraction of sp³-hybridized carbons (Fsp3) is 0.200. The van der Waals surface area contributed by atoms with Gasteiger partial charge in [-0.05, 0) is 24.6 Å². The Bertz CT molecular complexity index is 943. The third-order valence-electron chi connectivity index (χ3n) is 4.05. The molecule has 7 heteroatoms. The second-order valence-electron chi connectivity index (χ2n) is 5.72. The number of rotatable bonds is 7. The average molecular weight is 381 g/mol. The van der Waals surface area contributed by atoms with Gasteiger partial charge in [-0.2, -0.15) is 5.26 Å². The average Bonchev–Trinajstić information content (AvgIpc) is 3.31. The minimum absolute atomic E-state index is 0.232. The number of nitrogens with two attached hydrogens (primary N) is 1. The van der Waals surface area contributed by atoms with Crippen molar-refractivity contribution in [3.63, 3.8) is 0 Å².